The molecule has 0 aliphatic rings. The van der Waals surface area contributed by atoms with E-state index in [0.717, 1.165) is 0 Å². The molecule has 0 radical (unpaired) electrons. The van der Waals surface area contributed by atoms with Crippen LogP contribution < -0.4 is 15.8 Å². The van der Waals surface area contributed by atoms with Crippen molar-refractivity contribution in [1.29, 1.82) is 0 Å². The molecule has 0 aromatic carbocycles. The first-order valence-electron chi connectivity index (χ1n) is 5.50. The highest BCUT2D eigenvalue weighted by molar-refractivity contribution is 5.61. The lowest BCUT2D eigenvalue weighted by atomic mass is 10.1. The van der Waals surface area contributed by atoms with E-state index in [0.29, 0.717) is 29.9 Å². The molecule has 1 rings (SSSR count). The molecule has 0 saturated carbocycles. The lowest BCUT2D eigenvalue weighted by Gasteiger charge is -2.23. The van der Waals surface area contributed by atoms with Gasteiger partial charge in [0.2, 0.25) is 5.75 Å². The van der Waals surface area contributed by atoms with Crippen LogP contribution in [0.15, 0.2) is 6.33 Å². The zero-order valence-electron chi connectivity index (χ0n) is 10.7. The molecule has 1 aromatic heterocycles. The van der Waals surface area contributed by atoms with Crippen LogP contribution in [0, 0.1) is 5.92 Å². The van der Waals surface area contributed by atoms with Gasteiger partial charge in [-0.15, -0.1) is 0 Å². The lowest BCUT2D eigenvalue weighted by molar-refractivity contribution is 0.171. The number of methoxy groups -OCH3 is 2. The highest BCUT2D eigenvalue weighted by Gasteiger charge is 2.17. The summed E-state index contributed by atoms with van der Waals surface area (Å²) in [7, 11) is 3.21. The zero-order chi connectivity index (χ0) is 12.8. The number of ether oxygens (including phenoxy) is 2. The molecule has 6 nitrogen and oxygen atoms in total. The Balaban J connectivity index is 2.88. The molecule has 1 heterocycles. The van der Waals surface area contributed by atoms with Gasteiger partial charge in [-0.1, -0.05) is 13.8 Å². The van der Waals surface area contributed by atoms with Crippen molar-refractivity contribution >= 4 is 11.6 Å². The molecule has 17 heavy (non-hydrogen) atoms. The summed E-state index contributed by atoms with van der Waals surface area (Å²) in [6, 6.07) is 0.142. The normalized spacial score (nSPS) is 12.5. The minimum atomic E-state index is 0.142. The van der Waals surface area contributed by atoms with Gasteiger partial charge in [-0.3, -0.25) is 0 Å². The van der Waals surface area contributed by atoms with Crippen molar-refractivity contribution in [3.05, 3.63) is 6.33 Å². The molecule has 0 aliphatic carbocycles. The Bertz CT molecular complexity index is 357. The maximum absolute atomic E-state index is 5.71. The highest BCUT2D eigenvalue weighted by Crippen LogP contribution is 2.27. The fourth-order valence-corrected chi connectivity index (χ4v) is 1.45. The van der Waals surface area contributed by atoms with E-state index in [1.807, 2.05) is 0 Å². The summed E-state index contributed by atoms with van der Waals surface area (Å²) in [5, 5.41) is 3.26. The first-order chi connectivity index (χ1) is 8.10. The number of aromatic nitrogens is 2. The van der Waals surface area contributed by atoms with E-state index in [1.165, 1.54) is 6.33 Å². The molecule has 0 aliphatic heterocycles. The summed E-state index contributed by atoms with van der Waals surface area (Å²) < 4.78 is 10.3. The van der Waals surface area contributed by atoms with Crippen molar-refractivity contribution in [2.45, 2.75) is 19.9 Å². The Morgan fingerprint density at radius 2 is 2.06 bits per heavy atom. The van der Waals surface area contributed by atoms with Gasteiger partial charge in [0, 0.05) is 7.11 Å². The van der Waals surface area contributed by atoms with Crippen molar-refractivity contribution in [3.63, 3.8) is 0 Å². The number of anilines is 2. The minimum Gasteiger partial charge on any atom is -0.490 e. The first kappa shape index (κ1) is 13.5. The van der Waals surface area contributed by atoms with E-state index < -0.39 is 0 Å². The van der Waals surface area contributed by atoms with Gasteiger partial charge < -0.3 is 20.5 Å². The van der Waals surface area contributed by atoms with Crippen molar-refractivity contribution in [3.8, 4) is 5.75 Å². The van der Waals surface area contributed by atoms with Crippen LogP contribution in [-0.2, 0) is 4.74 Å². The number of hydrogen-bond donors (Lipinski definition) is 2. The summed E-state index contributed by atoms with van der Waals surface area (Å²) in [5.41, 5.74) is 5.71. The predicted molar refractivity (Wildman–Crippen MR) is 67.1 cm³/mol. The minimum absolute atomic E-state index is 0.142. The van der Waals surface area contributed by atoms with Gasteiger partial charge in [0.05, 0.1) is 19.8 Å². The van der Waals surface area contributed by atoms with Gasteiger partial charge in [-0.05, 0) is 5.92 Å². The topological polar surface area (TPSA) is 82.3 Å². The molecule has 0 spiro atoms. The number of hydrogen-bond acceptors (Lipinski definition) is 6. The Morgan fingerprint density at radius 3 is 2.59 bits per heavy atom. The molecular formula is C11H20N4O2. The lowest BCUT2D eigenvalue weighted by Crippen LogP contribution is -2.31. The van der Waals surface area contributed by atoms with E-state index in [-0.39, 0.29) is 6.04 Å². The molecule has 1 atom stereocenters. The van der Waals surface area contributed by atoms with Crippen LogP contribution in [0.25, 0.3) is 0 Å². The molecule has 6 heteroatoms. The maximum Gasteiger partial charge on any atom is 0.203 e. The fraction of sp³-hybridized carbons (Fsp3) is 0.636. The Kier molecular flexibility index (Phi) is 4.96. The van der Waals surface area contributed by atoms with Crippen LogP contribution in [0.5, 0.6) is 5.75 Å². The average molecular weight is 240 g/mol. The van der Waals surface area contributed by atoms with Crippen molar-refractivity contribution in [2.75, 3.05) is 31.9 Å². The zero-order valence-corrected chi connectivity index (χ0v) is 10.7. The van der Waals surface area contributed by atoms with Gasteiger partial charge in [0.15, 0.2) is 11.6 Å². The number of nitrogens with zero attached hydrogens (tertiary/aromatic N) is 2. The van der Waals surface area contributed by atoms with Crippen LogP contribution in [0.2, 0.25) is 0 Å². The van der Waals surface area contributed by atoms with Crippen LogP contribution in [0.3, 0.4) is 0 Å². The summed E-state index contributed by atoms with van der Waals surface area (Å²) in [5.74, 6) is 1.78. The monoisotopic (exact) mass is 240 g/mol. The summed E-state index contributed by atoms with van der Waals surface area (Å²) in [6.07, 6.45) is 1.41. The number of nitrogens with two attached hydrogens (primary N) is 1. The molecule has 0 amide bonds. The van der Waals surface area contributed by atoms with Gasteiger partial charge in [0.25, 0.3) is 0 Å². The molecule has 0 fully saturated rings. The third kappa shape index (κ3) is 3.45. The summed E-state index contributed by atoms with van der Waals surface area (Å²) in [6.45, 7) is 4.80. The van der Waals surface area contributed by atoms with Crippen LogP contribution in [-0.4, -0.2) is 36.8 Å². The molecule has 96 valence electrons. The third-order valence-corrected chi connectivity index (χ3v) is 2.51. The smallest absolute Gasteiger partial charge is 0.203 e. The molecule has 1 unspecified atom stereocenters. The predicted octanol–water partition coefficient (Wildman–Crippen LogP) is 1.15. The number of rotatable bonds is 6. The second kappa shape index (κ2) is 6.24. The van der Waals surface area contributed by atoms with E-state index in [9.17, 15) is 0 Å². The molecule has 3 N–H and O–H groups in total. The van der Waals surface area contributed by atoms with Gasteiger partial charge >= 0.3 is 0 Å². The molecule has 0 saturated heterocycles. The van der Waals surface area contributed by atoms with E-state index >= 15 is 0 Å². The first-order valence-corrected chi connectivity index (χ1v) is 5.50. The average Bonchev–Trinajstić information content (AvgIpc) is 2.28. The molecular weight excluding hydrogens is 220 g/mol. The van der Waals surface area contributed by atoms with Crippen molar-refractivity contribution in [1.82, 2.24) is 9.97 Å². The Hall–Kier alpha value is -1.56. The van der Waals surface area contributed by atoms with E-state index in [1.54, 1.807) is 14.2 Å². The second-order valence-electron chi connectivity index (χ2n) is 4.09. The summed E-state index contributed by atoms with van der Waals surface area (Å²) in [4.78, 5) is 8.01. The fourth-order valence-electron chi connectivity index (χ4n) is 1.45. The second-order valence-corrected chi connectivity index (χ2v) is 4.09. The van der Waals surface area contributed by atoms with E-state index in [2.05, 4.69) is 29.1 Å². The molecule has 0 bridgehead atoms. The highest BCUT2D eigenvalue weighted by atomic mass is 16.5. The maximum atomic E-state index is 5.71. The SMILES string of the molecule is COCC(Nc1ncnc(N)c1OC)C(C)C. The number of nitrogens with one attached hydrogen (secondary N) is 1. The third-order valence-electron chi connectivity index (χ3n) is 2.51. The quantitative estimate of drug-likeness (QED) is 0.776. The van der Waals surface area contributed by atoms with Crippen molar-refractivity contribution < 1.29 is 9.47 Å². The number of nitrogen functional groups attached to an aromatic ring is 1. The van der Waals surface area contributed by atoms with Gasteiger partial charge in [0.1, 0.15) is 6.33 Å². The van der Waals surface area contributed by atoms with Crippen LogP contribution >= 0.6 is 0 Å². The Labute approximate surface area is 102 Å². The van der Waals surface area contributed by atoms with Crippen LogP contribution in [0.4, 0.5) is 11.6 Å². The van der Waals surface area contributed by atoms with Crippen LogP contribution in [0.1, 0.15) is 13.8 Å². The van der Waals surface area contributed by atoms with Gasteiger partial charge in [-0.25, -0.2) is 9.97 Å². The van der Waals surface area contributed by atoms with E-state index in [4.69, 9.17) is 15.2 Å². The molecule has 1 aromatic rings. The summed E-state index contributed by atoms with van der Waals surface area (Å²) >= 11 is 0. The largest absolute Gasteiger partial charge is 0.490 e. The standard InChI is InChI=1S/C11H20N4O2/c1-7(2)8(5-16-3)15-11-9(17-4)10(12)13-6-14-11/h6-8H,5H2,1-4H3,(H3,12,13,14,15). The van der Waals surface area contributed by atoms with Gasteiger partial charge in [-0.2, -0.15) is 0 Å². The Morgan fingerprint density at radius 1 is 1.35 bits per heavy atom. The van der Waals surface area contributed by atoms with Crippen molar-refractivity contribution in [2.24, 2.45) is 5.92 Å².